The third-order valence-electron chi connectivity index (χ3n) is 6.69. The van der Waals surface area contributed by atoms with Crippen LogP contribution in [0.3, 0.4) is 0 Å². The molecule has 1 saturated carbocycles. The largest absolute Gasteiger partial charge is 0.490 e. The van der Waals surface area contributed by atoms with Gasteiger partial charge in [-0.1, -0.05) is 24.3 Å². The Morgan fingerprint density at radius 2 is 1.78 bits per heavy atom. The van der Waals surface area contributed by atoms with E-state index in [1.165, 1.54) is 13.0 Å². The van der Waals surface area contributed by atoms with E-state index in [9.17, 15) is 27.6 Å². The molecule has 2 aromatic rings. The maximum absolute atomic E-state index is 12.9. The van der Waals surface area contributed by atoms with E-state index in [0.29, 0.717) is 31.4 Å². The number of nitrogens with two attached hydrogens (primary N) is 2. The molecule has 0 aliphatic heterocycles. The summed E-state index contributed by atoms with van der Waals surface area (Å²) in [6, 6.07) is 12.0. The fourth-order valence-electron chi connectivity index (χ4n) is 4.77. The molecule has 36 heavy (non-hydrogen) atoms. The molecule has 0 unspecified atom stereocenters. The van der Waals surface area contributed by atoms with Gasteiger partial charge in [-0.15, -0.1) is 0 Å². The van der Waals surface area contributed by atoms with Crippen LogP contribution in [0.2, 0.25) is 0 Å². The summed E-state index contributed by atoms with van der Waals surface area (Å²) in [7, 11) is 0. The number of carbonyl (C=O) groups is 3. The Kier molecular flexibility index (Phi) is 8.27. The van der Waals surface area contributed by atoms with Gasteiger partial charge in [-0.3, -0.25) is 14.4 Å². The molecule has 2 amide bonds. The highest BCUT2D eigenvalue weighted by Crippen LogP contribution is 2.43. The van der Waals surface area contributed by atoms with Crippen LogP contribution >= 0.6 is 0 Å². The van der Waals surface area contributed by atoms with Crippen LogP contribution in [-0.4, -0.2) is 36.4 Å². The Balaban J connectivity index is 1.71. The minimum absolute atomic E-state index is 0.0153. The van der Waals surface area contributed by atoms with Crippen molar-refractivity contribution in [2.24, 2.45) is 5.73 Å². The van der Waals surface area contributed by atoms with Crippen molar-refractivity contribution in [3.8, 4) is 5.75 Å². The highest BCUT2D eigenvalue weighted by molar-refractivity contribution is 5.98. The summed E-state index contributed by atoms with van der Waals surface area (Å²) in [4.78, 5) is 36.4. The zero-order chi connectivity index (χ0) is 26.5. The maximum Gasteiger partial charge on any atom is 0.405 e. The van der Waals surface area contributed by atoms with Gasteiger partial charge >= 0.3 is 6.18 Å². The number of anilines is 1. The highest BCUT2D eigenvalue weighted by Gasteiger charge is 2.42. The van der Waals surface area contributed by atoms with E-state index >= 15 is 0 Å². The monoisotopic (exact) mass is 505 g/mol. The SMILES string of the molecule is CC(=O)C1(c2ccccc2CCC(=O)NCC(F)(F)F)CCC(Oc2ccc(N)c(C(N)=O)c2)CC1. The third kappa shape index (κ3) is 6.56. The van der Waals surface area contributed by atoms with Gasteiger partial charge in [0.1, 0.15) is 18.1 Å². The Morgan fingerprint density at radius 1 is 1.11 bits per heavy atom. The molecule has 1 aliphatic carbocycles. The predicted molar refractivity (Wildman–Crippen MR) is 128 cm³/mol. The summed E-state index contributed by atoms with van der Waals surface area (Å²) in [6.07, 6.45) is -2.43. The molecule has 1 fully saturated rings. The van der Waals surface area contributed by atoms with E-state index in [1.807, 2.05) is 17.4 Å². The first-order chi connectivity index (χ1) is 16.9. The molecule has 5 N–H and O–H groups in total. The number of amides is 2. The van der Waals surface area contributed by atoms with Gasteiger partial charge < -0.3 is 21.5 Å². The van der Waals surface area contributed by atoms with Gasteiger partial charge in [0.2, 0.25) is 5.91 Å². The normalized spacial score (nSPS) is 19.9. The van der Waals surface area contributed by atoms with Crippen LogP contribution < -0.4 is 21.5 Å². The van der Waals surface area contributed by atoms with Crippen LogP contribution in [0.15, 0.2) is 42.5 Å². The molecule has 7 nitrogen and oxygen atoms in total. The van der Waals surface area contributed by atoms with Crippen molar-refractivity contribution in [3.05, 3.63) is 59.2 Å². The number of primary amides is 1. The fraction of sp³-hybridized carbons (Fsp3) is 0.423. The van der Waals surface area contributed by atoms with Crippen LogP contribution in [0.1, 0.15) is 60.5 Å². The van der Waals surface area contributed by atoms with Crippen molar-refractivity contribution >= 4 is 23.3 Å². The number of rotatable bonds is 9. The molecule has 0 aromatic heterocycles. The zero-order valence-electron chi connectivity index (χ0n) is 20.0. The van der Waals surface area contributed by atoms with E-state index in [0.717, 1.165) is 11.1 Å². The summed E-state index contributed by atoms with van der Waals surface area (Å²) in [5.74, 6) is -0.905. The van der Waals surface area contributed by atoms with Gasteiger partial charge in [0.05, 0.1) is 17.1 Å². The van der Waals surface area contributed by atoms with Gasteiger partial charge in [0.25, 0.3) is 5.91 Å². The lowest BCUT2D eigenvalue weighted by atomic mass is 9.65. The Morgan fingerprint density at radius 3 is 2.39 bits per heavy atom. The summed E-state index contributed by atoms with van der Waals surface area (Å²) in [5, 5.41) is 1.88. The second-order valence-corrected chi connectivity index (χ2v) is 9.12. The number of hydrogen-bond acceptors (Lipinski definition) is 5. The summed E-state index contributed by atoms with van der Waals surface area (Å²) < 4.78 is 43.2. The maximum atomic E-state index is 12.9. The number of carbonyl (C=O) groups excluding carboxylic acids is 3. The third-order valence-corrected chi connectivity index (χ3v) is 6.69. The first-order valence-electron chi connectivity index (χ1n) is 11.7. The standard InChI is InChI=1S/C26H30F3N3O4/c1-16(33)25(21-5-3-2-4-17(21)6-9-23(34)32-15-26(27,28)29)12-10-18(11-13-25)36-19-7-8-22(30)20(14-19)24(31)35/h2-5,7-8,14,18H,6,9-13,15,30H2,1H3,(H2,31,35)(H,32,34). The van der Waals surface area contributed by atoms with Gasteiger partial charge in [-0.05, 0) is 68.4 Å². The van der Waals surface area contributed by atoms with E-state index in [1.54, 1.807) is 24.3 Å². The lowest BCUT2D eigenvalue weighted by Crippen LogP contribution is -2.41. The molecule has 2 aromatic carbocycles. The fourth-order valence-corrected chi connectivity index (χ4v) is 4.77. The topological polar surface area (TPSA) is 125 Å². The van der Waals surface area contributed by atoms with E-state index < -0.39 is 30.0 Å². The number of alkyl halides is 3. The molecule has 0 heterocycles. The average Bonchev–Trinajstić information content (AvgIpc) is 2.82. The second-order valence-electron chi connectivity index (χ2n) is 9.12. The number of nitrogens with one attached hydrogen (secondary N) is 1. The van der Waals surface area contributed by atoms with Crippen LogP contribution in [-0.2, 0) is 21.4 Å². The first-order valence-corrected chi connectivity index (χ1v) is 11.7. The smallest absolute Gasteiger partial charge is 0.405 e. The molecule has 0 atom stereocenters. The molecular weight excluding hydrogens is 475 g/mol. The number of Topliss-reactive ketones (excluding diaryl/α,β-unsaturated/α-hetero) is 1. The molecular formula is C26H30F3N3O4. The van der Waals surface area contributed by atoms with Crippen LogP contribution in [0.25, 0.3) is 0 Å². The summed E-state index contributed by atoms with van der Waals surface area (Å²) >= 11 is 0. The van der Waals surface area contributed by atoms with Crippen molar-refractivity contribution in [2.75, 3.05) is 12.3 Å². The van der Waals surface area contributed by atoms with Gasteiger partial charge in [0.15, 0.2) is 0 Å². The Labute approximate surface area is 207 Å². The minimum Gasteiger partial charge on any atom is -0.490 e. The first kappa shape index (κ1) is 27.0. The van der Waals surface area contributed by atoms with Crippen molar-refractivity contribution in [1.82, 2.24) is 5.32 Å². The van der Waals surface area contributed by atoms with E-state index in [4.69, 9.17) is 16.2 Å². The minimum atomic E-state index is -4.47. The van der Waals surface area contributed by atoms with Crippen LogP contribution in [0.5, 0.6) is 5.75 Å². The van der Waals surface area contributed by atoms with E-state index in [2.05, 4.69) is 0 Å². The molecule has 194 valence electrons. The average molecular weight is 506 g/mol. The number of aryl methyl sites for hydroxylation is 1. The van der Waals surface area contributed by atoms with Crippen molar-refractivity contribution in [1.29, 1.82) is 0 Å². The zero-order valence-corrected chi connectivity index (χ0v) is 20.0. The number of nitrogen functional groups attached to an aromatic ring is 1. The molecule has 1 aliphatic rings. The second kappa shape index (κ2) is 11.0. The van der Waals surface area contributed by atoms with Crippen LogP contribution in [0, 0.1) is 0 Å². The molecule has 0 bridgehead atoms. The molecule has 3 rings (SSSR count). The Hall–Kier alpha value is -3.56. The number of ketones is 1. The van der Waals surface area contributed by atoms with E-state index in [-0.39, 0.29) is 36.0 Å². The highest BCUT2D eigenvalue weighted by atomic mass is 19.4. The molecule has 0 radical (unpaired) electrons. The number of halogens is 3. The lowest BCUT2D eigenvalue weighted by Gasteiger charge is -2.40. The summed E-state index contributed by atoms with van der Waals surface area (Å²) in [5.41, 5.74) is 12.4. The van der Waals surface area contributed by atoms with Crippen molar-refractivity contribution in [3.63, 3.8) is 0 Å². The van der Waals surface area contributed by atoms with Crippen molar-refractivity contribution < 1.29 is 32.3 Å². The lowest BCUT2D eigenvalue weighted by molar-refractivity contribution is -0.138. The van der Waals surface area contributed by atoms with Crippen molar-refractivity contribution in [2.45, 2.75) is 63.1 Å². The number of hydrogen-bond donors (Lipinski definition) is 3. The molecule has 0 spiro atoms. The predicted octanol–water partition coefficient (Wildman–Crippen LogP) is 3.83. The van der Waals surface area contributed by atoms with Gasteiger partial charge in [-0.25, -0.2) is 0 Å². The molecule has 10 heteroatoms. The number of benzene rings is 2. The van der Waals surface area contributed by atoms with Crippen LogP contribution in [0.4, 0.5) is 18.9 Å². The quantitative estimate of drug-likeness (QED) is 0.447. The molecule has 0 saturated heterocycles. The number of ether oxygens (including phenoxy) is 1. The Bertz CT molecular complexity index is 1130. The summed E-state index contributed by atoms with van der Waals surface area (Å²) in [6.45, 7) is 0.161. The van der Waals surface area contributed by atoms with Gasteiger partial charge in [0, 0.05) is 12.1 Å². The van der Waals surface area contributed by atoms with Gasteiger partial charge in [-0.2, -0.15) is 13.2 Å².